The molecule has 2 heterocycles. The molecule has 0 spiro atoms. The number of rotatable bonds is 5. The van der Waals surface area contributed by atoms with Gasteiger partial charge in [0.05, 0.1) is 11.7 Å². The maximum atomic E-state index is 10.8. The minimum atomic E-state index is -0.322. The van der Waals surface area contributed by atoms with E-state index < -0.39 is 0 Å². The topological polar surface area (TPSA) is 73.8 Å². The fraction of sp³-hybridized carbons (Fsp3) is 0.364. The monoisotopic (exact) mass is 252 g/mol. The van der Waals surface area contributed by atoms with Crippen molar-refractivity contribution in [2.24, 2.45) is 5.73 Å². The van der Waals surface area contributed by atoms with Crippen LogP contribution in [-0.4, -0.2) is 26.3 Å². The highest BCUT2D eigenvalue weighted by Gasteiger charge is 2.10. The second-order valence-corrected chi connectivity index (χ2v) is 4.08. The fourth-order valence-electron chi connectivity index (χ4n) is 1.78. The van der Waals surface area contributed by atoms with E-state index >= 15 is 0 Å². The molecule has 0 aromatic carbocycles. The summed E-state index contributed by atoms with van der Waals surface area (Å²) in [6, 6.07) is 1.88. The van der Waals surface area contributed by atoms with Crippen molar-refractivity contribution in [1.82, 2.24) is 14.5 Å². The predicted molar refractivity (Wildman–Crippen MR) is 65.8 cm³/mol. The van der Waals surface area contributed by atoms with Gasteiger partial charge in [-0.05, 0) is 6.07 Å². The van der Waals surface area contributed by atoms with Crippen molar-refractivity contribution in [1.29, 1.82) is 0 Å². The van der Waals surface area contributed by atoms with Gasteiger partial charge in [0.1, 0.15) is 11.3 Å². The lowest BCUT2D eigenvalue weighted by Gasteiger charge is -2.06. The number of carbonyl (C=O) groups excluding carboxylic acids is 1. The van der Waals surface area contributed by atoms with Crippen LogP contribution >= 0.6 is 11.6 Å². The van der Waals surface area contributed by atoms with E-state index in [1.807, 2.05) is 10.6 Å². The van der Waals surface area contributed by atoms with E-state index in [2.05, 4.69) is 9.97 Å². The molecule has 0 bridgehead atoms. The van der Waals surface area contributed by atoms with Crippen molar-refractivity contribution in [2.75, 3.05) is 5.88 Å². The smallest absolute Gasteiger partial charge is 0.219 e. The molecule has 90 valence electrons. The number of imidazole rings is 1. The van der Waals surface area contributed by atoms with Gasteiger partial charge in [0.25, 0.3) is 0 Å². The molecule has 0 saturated heterocycles. The van der Waals surface area contributed by atoms with Gasteiger partial charge in [-0.3, -0.25) is 9.78 Å². The second-order valence-electron chi connectivity index (χ2n) is 3.70. The van der Waals surface area contributed by atoms with Crippen molar-refractivity contribution < 1.29 is 4.79 Å². The summed E-state index contributed by atoms with van der Waals surface area (Å²) in [6.45, 7) is 0.530. The van der Waals surface area contributed by atoms with Crippen LogP contribution in [0.25, 0.3) is 11.0 Å². The number of amides is 1. The van der Waals surface area contributed by atoms with Gasteiger partial charge in [0.15, 0.2) is 0 Å². The van der Waals surface area contributed by atoms with Crippen LogP contribution in [0.4, 0.5) is 0 Å². The summed E-state index contributed by atoms with van der Waals surface area (Å²) < 4.78 is 1.98. The summed E-state index contributed by atoms with van der Waals surface area (Å²) in [4.78, 5) is 19.3. The first-order valence-electron chi connectivity index (χ1n) is 5.35. The summed E-state index contributed by atoms with van der Waals surface area (Å²) in [6.07, 6.45) is 4.36. The minimum absolute atomic E-state index is 0.295. The molecule has 0 aliphatic rings. The van der Waals surface area contributed by atoms with Crippen LogP contribution in [0.1, 0.15) is 12.2 Å². The largest absolute Gasteiger partial charge is 0.370 e. The molecule has 0 aliphatic carbocycles. The Bertz CT molecular complexity index is 537. The van der Waals surface area contributed by atoms with Crippen LogP contribution < -0.4 is 5.73 Å². The molecule has 5 nitrogen and oxygen atoms in total. The maximum absolute atomic E-state index is 10.8. The molecule has 2 N–H and O–H groups in total. The van der Waals surface area contributed by atoms with Crippen LogP contribution in [0.2, 0.25) is 0 Å². The number of pyridine rings is 1. The Morgan fingerprint density at radius 3 is 3.06 bits per heavy atom. The van der Waals surface area contributed by atoms with Gasteiger partial charge in [-0.25, -0.2) is 4.98 Å². The molecular formula is C11H13ClN4O. The average molecular weight is 253 g/mol. The highest BCUT2D eigenvalue weighted by atomic mass is 35.5. The Hall–Kier alpha value is -1.62. The molecule has 0 aliphatic heterocycles. The van der Waals surface area contributed by atoms with Crippen LogP contribution in [0.5, 0.6) is 0 Å². The third-order valence-corrected chi connectivity index (χ3v) is 2.72. The molecule has 0 saturated carbocycles. The summed E-state index contributed by atoms with van der Waals surface area (Å²) in [5.74, 6) is 1.04. The van der Waals surface area contributed by atoms with Crippen molar-refractivity contribution in [3.63, 3.8) is 0 Å². The van der Waals surface area contributed by atoms with E-state index in [1.165, 1.54) is 0 Å². The highest BCUT2D eigenvalue weighted by Crippen LogP contribution is 2.16. The summed E-state index contributed by atoms with van der Waals surface area (Å²) in [7, 11) is 0. The molecular weight excluding hydrogens is 240 g/mol. The third kappa shape index (κ3) is 2.55. The quantitative estimate of drug-likeness (QED) is 0.810. The predicted octanol–water partition coefficient (Wildman–Crippen LogP) is 1.09. The Labute approximate surface area is 104 Å². The number of aromatic nitrogens is 3. The van der Waals surface area contributed by atoms with Gasteiger partial charge < -0.3 is 10.3 Å². The SMILES string of the molecule is NC(=O)CCn1c(CCCl)nc2cnccc21. The fourth-order valence-corrected chi connectivity index (χ4v) is 1.95. The number of nitrogens with two attached hydrogens (primary N) is 1. The number of hydrogen-bond donors (Lipinski definition) is 1. The van der Waals surface area contributed by atoms with Gasteiger partial charge in [-0.2, -0.15) is 0 Å². The molecule has 0 radical (unpaired) electrons. The number of carbonyl (C=O) groups is 1. The molecule has 2 aromatic heterocycles. The summed E-state index contributed by atoms with van der Waals surface area (Å²) in [5.41, 5.74) is 6.94. The van der Waals surface area contributed by atoms with Gasteiger partial charge in [-0.1, -0.05) is 0 Å². The highest BCUT2D eigenvalue weighted by molar-refractivity contribution is 6.17. The lowest BCUT2D eigenvalue weighted by atomic mass is 10.3. The van der Waals surface area contributed by atoms with E-state index in [9.17, 15) is 4.79 Å². The first-order chi connectivity index (χ1) is 8.22. The zero-order valence-electron chi connectivity index (χ0n) is 9.27. The van der Waals surface area contributed by atoms with Crippen molar-refractivity contribution >= 4 is 28.5 Å². The first-order valence-corrected chi connectivity index (χ1v) is 5.89. The van der Waals surface area contributed by atoms with Crippen molar-refractivity contribution in [3.05, 3.63) is 24.3 Å². The minimum Gasteiger partial charge on any atom is -0.370 e. The van der Waals surface area contributed by atoms with Crippen LogP contribution in [0, 0.1) is 0 Å². The van der Waals surface area contributed by atoms with E-state index in [1.54, 1.807) is 12.4 Å². The van der Waals surface area contributed by atoms with Crippen LogP contribution in [0.15, 0.2) is 18.5 Å². The van der Waals surface area contributed by atoms with Gasteiger partial charge >= 0.3 is 0 Å². The normalized spacial score (nSPS) is 10.9. The number of halogens is 1. The lowest BCUT2D eigenvalue weighted by Crippen LogP contribution is -2.15. The average Bonchev–Trinajstić information content (AvgIpc) is 2.64. The van der Waals surface area contributed by atoms with Crippen molar-refractivity contribution in [2.45, 2.75) is 19.4 Å². The zero-order chi connectivity index (χ0) is 12.3. The Balaban J connectivity index is 2.40. The van der Waals surface area contributed by atoms with Gasteiger partial charge in [-0.15, -0.1) is 11.6 Å². The number of hydrogen-bond acceptors (Lipinski definition) is 3. The van der Waals surface area contributed by atoms with E-state index in [4.69, 9.17) is 17.3 Å². The Morgan fingerprint density at radius 2 is 2.35 bits per heavy atom. The second kappa shape index (κ2) is 5.14. The van der Waals surface area contributed by atoms with Gasteiger partial charge in [0.2, 0.25) is 5.91 Å². The van der Waals surface area contributed by atoms with Crippen LogP contribution in [0.3, 0.4) is 0 Å². The molecule has 0 atom stereocenters. The third-order valence-electron chi connectivity index (χ3n) is 2.53. The summed E-state index contributed by atoms with van der Waals surface area (Å²) >= 11 is 5.74. The molecule has 1 amide bonds. The number of fused-ring (bicyclic) bond motifs is 1. The number of aryl methyl sites for hydroxylation is 2. The Kier molecular flexibility index (Phi) is 3.58. The lowest BCUT2D eigenvalue weighted by molar-refractivity contribution is -0.118. The van der Waals surface area contributed by atoms with E-state index in [0.717, 1.165) is 16.9 Å². The molecule has 17 heavy (non-hydrogen) atoms. The van der Waals surface area contributed by atoms with Gasteiger partial charge in [0, 0.05) is 31.5 Å². The number of nitrogens with zero attached hydrogens (tertiary/aromatic N) is 3. The molecule has 2 aromatic rings. The first kappa shape index (κ1) is 11.9. The number of alkyl halides is 1. The molecule has 0 fully saturated rings. The van der Waals surface area contributed by atoms with E-state index in [0.29, 0.717) is 25.3 Å². The maximum Gasteiger partial charge on any atom is 0.219 e. The standard InChI is InChI=1S/C11H13ClN4O/c12-4-1-11-15-8-7-14-5-2-9(8)16(11)6-3-10(13)17/h2,5,7H,1,3-4,6H2,(H2,13,17). The summed E-state index contributed by atoms with van der Waals surface area (Å²) in [5, 5.41) is 0. The molecule has 6 heteroatoms. The van der Waals surface area contributed by atoms with Crippen LogP contribution in [-0.2, 0) is 17.8 Å². The Morgan fingerprint density at radius 1 is 1.53 bits per heavy atom. The van der Waals surface area contributed by atoms with E-state index in [-0.39, 0.29) is 5.91 Å². The molecule has 0 unspecified atom stereocenters. The number of primary amides is 1. The zero-order valence-corrected chi connectivity index (χ0v) is 10.0. The van der Waals surface area contributed by atoms with Crippen molar-refractivity contribution in [3.8, 4) is 0 Å². The molecule has 2 rings (SSSR count).